The minimum atomic E-state index is -4.34. The van der Waals surface area contributed by atoms with Crippen LogP contribution in [0, 0.1) is 5.92 Å². The summed E-state index contributed by atoms with van der Waals surface area (Å²) >= 11 is 0. The number of hydrogen-bond donors (Lipinski definition) is 0. The molecule has 0 unspecified atom stereocenters. The number of ether oxygens (including phenoxy) is 1. The molecule has 0 aliphatic carbocycles. The van der Waals surface area contributed by atoms with Crippen LogP contribution < -0.4 is 0 Å². The molecule has 2 aliphatic rings. The zero-order chi connectivity index (χ0) is 17.2. The summed E-state index contributed by atoms with van der Waals surface area (Å²) in [5.74, 6) is -0.125. The number of hydrogen-bond acceptors (Lipinski definition) is 3. The Balaban J connectivity index is 1.66. The van der Waals surface area contributed by atoms with Gasteiger partial charge in [0.1, 0.15) is 6.04 Å². The van der Waals surface area contributed by atoms with E-state index < -0.39 is 12.2 Å². The zero-order valence-corrected chi connectivity index (χ0v) is 13.3. The molecule has 2 atom stereocenters. The fourth-order valence-corrected chi connectivity index (χ4v) is 3.43. The van der Waals surface area contributed by atoms with Gasteiger partial charge in [0.05, 0.1) is 12.5 Å². The molecule has 0 radical (unpaired) electrons. The maximum Gasteiger partial charge on any atom is 0.408 e. The highest BCUT2D eigenvalue weighted by Gasteiger charge is 2.45. The summed E-state index contributed by atoms with van der Waals surface area (Å²) in [6, 6.07) is 6.33. The number of carbonyl (C=O) groups is 1. The number of halogens is 3. The van der Waals surface area contributed by atoms with Crippen molar-refractivity contribution in [1.82, 2.24) is 9.80 Å². The van der Waals surface area contributed by atoms with Crippen molar-refractivity contribution in [1.29, 1.82) is 0 Å². The van der Waals surface area contributed by atoms with E-state index in [0.717, 1.165) is 0 Å². The summed E-state index contributed by atoms with van der Waals surface area (Å²) in [6.45, 7) is 2.11. The summed E-state index contributed by atoms with van der Waals surface area (Å²) in [6.07, 6.45) is -3.64. The lowest BCUT2D eigenvalue weighted by molar-refractivity contribution is -0.191. The standard InChI is InChI=1S/C17H21F3N2O2/c18-17(19,20)15(13-4-2-1-3-5-13)21-7-9-22(10-8-21)16(23)14-6-11-24-12-14/h1-5,14-15H,6-12H2/t14-,15-/m0/s1. The largest absolute Gasteiger partial charge is 0.408 e. The van der Waals surface area contributed by atoms with Crippen LogP contribution in [-0.2, 0) is 9.53 Å². The van der Waals surface area contributed by atoms with E-state index in [1.54, 1.807) is 23.1 Å². The Bertz CT molecular complexity index is 551. The molecule has 3 rings (SSSR count). The molecule has 2 aliphatic heterocycles. The Morgan fingerprint density at radius 2 is 1.79 bits per heavy atom. The van der Waals surface area contributed by atoms with Gasteiger partial charge in [0.15, 0.2) is 0 Å². The fourth-order valence-electron chi connectivity index (χ4n) is 3.43. The minimum absolute atomic E-state index is 0.00965. The van der Waals surface area contributed by atoms with E-state index in [-0.39, 0.29) is 30.5 Å². The van der Waals surface area contributed by atoms with Gasteiger partial charge in [-0.3, -0.25) is 9.69 Å². The van der Waals surface area contributed by atoms with Crippen LogP contribution in [0.25, 0.3) is 0 Å². The van der Waals surface area contributed by atoms with Crippen LogP contribution in [0.5, 0.6) is 0 Å². The van der Waals surface area contributed by atoms with E-state index in [9.17, 15) is 18.0 Å². The van der Waals surface area contributed by atoms with Gasteiger partial charge in [0.25, 0.3) is 0 Å². The van der Waals surface area contributed by atoms with Gasteiger partial charge in [-0.15, -0.1) is 0 Å². The van der Waals surface area contributed by atoms with Gasteiger partial charge in [-0.05, 0) is 12.0 Å². The van der Waals surface area contributed by atoms with Crippen molar-refractivity contribution in [2.24, 2.45) is 5.92 Å². The van der Waals surface area contributed by atoms with E-state index in [1.807, 2.05) is 0 Å². The van der Waals surface area contributed by atoms with Gasteiger partial charge in [-0.1, -0.05) is 30.3 Å². The van der Waals surface area contributed by atoms with Crippen LogP contribution in [0.2, 0.25) is 0 Å². The number of rotatable bonds is 3. The highest BCUT2D eigenvalue weighted by molar-refractivity contribution is 5.79. The topological polar surface area (TPSA) is 32.8 Å². The molecule has 132 valence electrons. The van der Waals surface area contributed by atoms with Crippen molar-refractivity contribution in [3.63, 3.8) is 0 Å². The van der Waals surface area contributed by atoms with Gasteiger partial charge in [-0.2, -0.15) is 13.2 Å². The molecule has 4 nitrogen and oxygen atoms in total. The zero-order valence-electron chi connectivity index (χ0n) is 13.3. The first kappa shape index (κ1) is 17.2. The second kappa shape index (κ2) is 7.11. The van der Waals surface area contributed by atoms with Crippen LogP contribution in [-0.4, -0.2) is 61.3 Å². The predicted molar refractivity (Wildman–Crippen MR) is 82.3 cm³/mol. The van der Waals surface area contributed by atoms with Gasteiger partial charge in [-0.25, -0.2) is 0 Å². The lowest BCUT2D eigenvalue weighted by atomic mass is 10.0. The van der Waals surface area contributed by atoms with E-state index >= 15 is 0 Å². The summed E-state index contributed by atoms with van der Waals surface area (Å²) < 4.78 is 45.9. The molecule has 2 fully saturated rings. The molecule has 0 spiro atoms. The summed E-state index contributed by atoms with van der Waals surface area (Å²) in [7, 11) is 0. The van der Waals surface area contributed by atoms with Crippen molar-refractivity contribution in [3.05, 3.63) is 35.9 Å². The van der Waals surface area contributed by atoms with Crippen LogP contribution in [0.4, 0.5) is 13.2 Å². The van der Waals surface area contributed by atoms with Crippen LogP contribution in [0.3, 0.4) is 0 Å². The third-order valence-electron chi connectivity index (χ3n) is 4.70. The number of benzene rings is 1. The highest BCUT2D eigenvalue weighted by atomic mass is 19.4. The van der Waals surface area contributed by atoms with Gasteiger partial charge in [0, 0.05) is 32.8 Å². The first-order valence-electron chi connectivity index (χ1n) is 8.19. The third-order valence-corrected chi connectivity index (χ3v) is 4.70. The first-order chi connectivity index (χ1) is 11.5. The number of piperazine rings is 1. The molecule has 1 aromatic rings. The fraction of sp³-hybridized carbons (Fsp3) is 0.588. The van der Waals surface area contributed by atoms with Gasteiger partial charge < -0.3 is 9.64 Å². The molecule has 1 aromatic carbocycles. The van der Waals surface area contributed by atoms with Crippen molar-refractivity contribution in [3.8, 4) is 0 Å². The van der Waals surface area contributed by atoms with Gasteiger partial charge >= 0.3 is 6.18 Å². The van der Waals surface area contributed by atoms with Crippen molar-refractivity contribution in [2.45, 2.75) is 18.6 Å². The van der Waals surface area contributed by atoms with Gasteiger partial charge in [0.2, 0.25) is 5.91 Å². The molecule has 24 heavy (non-hydrogen) atoms. The molecule has 1 amide bonds. The van der Waals surface area contributed by atoms with E-state index in [2.05, 4.69) is 0 Å². The smallest absolute Gasteiger partial charge is 0.381 e. The van der Waals surface area contributed by atoms with E-state index in [4.69, 9.17) is 4.74 Å². The van der Waals surface area contributed by atoms with E-state index in [1.165, 1.54) is 17.0 Å². The first-order valence-corrected chi connectivity index (χ1v) is 8.19. The average molecular weight is 342 g/mol. The quantitative estimate of drug-likeness (QED) is 0.846. The maximum absolute atomic E-state index is 13.6. The molecule has 0 saturated carbocycles. The van der Waals surface area contributed by atoms with Crippen LogP contribution in [0.1, 0.15) is 18.0 Å². The normalized spacial score (nSPS) is 24.1. The van der Waals surface area contributed by atoms with Crippen LogP contribution in [0.15, 0.2) is 30.3 Å². The Kier molecular flexibility index (Phi) is 5.10. The Morgan fingerprint density at radius 1 is 1.12 bits per heavy atom. The number of nitrogens with zero attached hydrogens (tertiary/aromatic N) is 2. The average Bonchev–Trinajstić information content (AvgIpc) is 3.09. The lowest BCUT2D eigenvalue weighted by Crippen LogP contribution is -2.53. The SMILES string of the molecule is O=C([C@H]1CCOC1)N1CCN([C@@H](c2ccccc2)C(F)(F)F)CC1. The molecule has 0 aromatic heterocycles. The lowest BCUT2D eigenvalue weighted by Gasteiger charge is -2.40. The summed E-state index contributed by atoms with van der Waals surface area (Å²) in [4.78, 5) is 15.4. The summed E-state index contributed by atoms with van der Waals surface area (Å²) in [5, 5.41) is 0. The molecule has 2 saturated heterocycles. The Hall–Kier alpha value is -1.60. The number of carbonyl (C=O) groups excluding carboxylic acids is 1. The van der Waals surface area contributed by atoms with Crippen molar-refractivity contribution >= 4 is 5.91 Å². The second-order valence-corrected chi connectivity index (χ2v) is 6.28. The second-order valence-electron chi connectivity index (χ2n) is 6.28. The highest BCUT2D eigenvalue weighted by Crippen LogP contribution is 2.38. The molecular formula is C17H21F3N2O2. The van der Waals surface area contributed by atoms with Crippen LogP contribution >= 0.6 is 0 Å². The van der Waals surface area contributed by atoms with Crippen molar-refractivity contribution < 1.29 is 22.7 Å². The summed E-state index contributed by atoms with van der Waals surface area (Å²) in [5.41, 5.74) is 0.244. The minimum Gasteiger partial charge on any atom is -0.381 e. The monoisotopic (exact) mass is 342 g/mol. The number of alkyl halides is 3. The molecule has 0 N–H and O–H groups in total. The third kappa shape index (κ3) is 3.72. The Labute approximate surface area is 139 Å². The molecule has 7 heteroatoms. The Morgan fingerprint density at radius 3 is 2.33 bits per heavy atom. The number of amides is 1. The molecule has 0 bridgehead atoms. The maximum atomic E-state index is 13.6. The molecular weight excluding hydrogens is 321 g/mol. The van der Waals surface area contributed by atoms with Crippen molar-refractivity contribution in [2.75, 3.05) is 39.4 Å². The van der Waals surface area contributed by atoms with E-state index in [0.29, 0.717) is 32.7 Å². The molecule has 2 heterocycles. The predicted octanol–water partition coefficient (Wildman–Crippen LogP) is 2.47.